The lowest BCUT2D eigenvalue weighted by molar-refractivity contribution is -0.119. The van der Waals surface area contributed by atoms with Gasteiger partial charge >= 0.3 is 6.03 Å². The van der Waals surface area contributed by atoms with Gasteiger partial charge in [0.05, 0.1) is 6.54 Å². The number of aromatic nitrogens is 2. The average molecular weight is 213 g/mol. The number of nitrogens with two attached hydrogens (primary N) is 1. The molecule has 8 heteroatoms. The highest BCUT2D eigenvalue weighted by molar-refractivity contribution is 5.94. The van der Waals surface area contributed by atoms with Gasteiger partial charge in [0, 0.05) is 13.0 Å². The molecule has 0 aliphatic rings. The van der Waals surface area contributed by atoms with Gasteiger partial charge in [-0.25, -0.2) is 4.79 Å². The van der Waals surface area contributed by atoms with E-state index in [4.69, 9.17) is 5.73 Å². The van der Waals surface area contributed by atoms with E-state index in [0.717, 1.165) is 0 Å². The van der Waals surface area contributed by atoms with Crippen LogP contribution in [-0.2, 0) is 11.2 Å². The lowest BCUT2D eigenvalue weighted by Crippen LogP contribution is -2.41. The van der Waals surface area contributed by atoms with E-state index in [2.05, 4.69) is 20.0 Å². The van der Waals surface area contributed by atoms with E-state index in [-0.39, 0.29) is 6.54 Å². The van der Waals surface area contributed by atoms with Gasteiger partial charge < -0.3 is 15.6 Å². The van der Waals surface area contributed by atoms with Crippen LogP contribution in [0.3, 0.4) is 0 Å². The van der Waals surface area contributed by atoms with Crippen LogP contribution in [0.2, 0.25) is 0 Å². The van der Waals surface area contributed by atoms with E-state index in [9.17, 15) is 9.59 Å². The molecule has 0 saturated carbocycles. The summed E-state index contributed by atoms with van der Waals surface area (Å²) in [5, 5.41) is 8.29. The molecule has 1 aromatic rings. The summed E-state index contributed by atoms with van der Waals surface area (Å²) in [5.41, 5.74) is 4.74. The van der Waals surface area contributed by atoms with E-state index < -0.39 is 11.9 Å². The number of carbonyl (C=O) groups excluding carboxylic acids is 2. The molecule has 1 rings (SSSR count). The number of nitrogens with zero attached hydrogens (tertiary/aromatic N) is 2. The predicted octanol–water partition coefficient (Wildman–Crippen LogP) is -1.60. The molecule has 0 aromatic carbocycles. The van der Waals surface area contributed by atoms with Gasteiger partial charge in [-0.3, -0.25) is 10.1 Å². The molecule has 0 fully saturated rings. The smallest absolute Gasteiger partial charge is 0.318 e. The van der Waals surface area contributed by atoms with E-state index in [0.29, 0.717) is 18.8 Å². The number of rotatable bonds is 5. The summed E-state index contributed by atoms with van der Waals surface area (Å²) < 4.78 is 4.52. The molecule has 3 amide bonds. The molecular weight excluding hydrogens is 202 g/mol. The van der Waals surface area contributed by atoms with E-state index in [1.54, 1.807) is 0 Å². The largest absolute Gasteiger partial charge is 0.351 e. The Labute approximate surface area is 85.2 Å². The monoisotopic (exact) mass is 213 g/mol. The lowest BCUT2D eigenvalue weighted by Gasteiger charge is -2.01. The summed E-state index contributed by atoms with van der Waals surface area (Å²) in [4.78, 5) is 24.9. The highest BCUT2D eigenvalue weighted by Gasteiger charge is 2.03. The molecule has 0 unspecified atom stereocenters. The Bertz CT molecular complexity index is 323. The fourth-order valence-corrected chi connectivity index (χ4v) is 0.886. The first kappa shape index (κ1) is 11.1. The molecule has 0 spiro atoms. The molecule has 0 atom stereocenters. The zero-order chi connectivity index (χ0) is 11.1. The van der Waals surface area contributed by atoms with Crippen LogP contribution in [0.4, 0.5) is 4.79 Å². The first-order valence-electron chi connectivity index (χ1n) is 4.23. The highest BCUT2D eigenvalue weighted by Crippen LogP contribution is 1.87. The molecule has 0 aliphatic heterocycles. The van der Waals surface area contributed by atoms with Crippen molar-refractivity contribution in [2.45, 2.75) is 6.42 Å². The molecule has 0 saturated heterocycles. The Morgan fingerprint density at radius 1 is 1.53 bits per heavy atom. The lowest BCUT2D eigenvalue weighted by atomic mass is 10.4. The van der Waals surface area contributed by atoms with Crippen molar-refractivity contribution in [2.24, 2.45) is 5.73 Å². The van der Waals surface area contributed by atoms with Crippen molar-refractivity contribution in [1.29, 1.82) is 0 Å². The summed E-state index contributed by atoms with van der Waals surface area (Å²) in [6, 6.07) is -0.861. The quantitative estimate of drug-likeness (QED) is 0.506. The minimum absolute atomic E-state index is 0.0147. The summed E-state index contributed by atoms with van der Waals surface area (Å²) in [6.45, 7) is 0.520. The number of primary amides is 1. The van der Waals surface area contributed by atoms with Crippen molar-refractivity contribution >= 4 is 11.9 Å². The summed E-state index contributed by atoms with van der Waals surface area (Å²) in [6.07, 6.45) is 1.77. The van der Waals surface area contributed by atoms with Crippen molar-refractivity contribution in [2.75, 3.05) is 13.1 Å². The van der Waals surface area contributed by atoms with Crippen molar-refractivity contribution in [3.63, 3.8) is 0 Å². The van der Waals surface area contributed by atoms with Gasteiger partial charge in [-0.2, -0.15) is 4.98 Å². The maximum absolute atomic E-state index is 10.9. The predicted molar refractivity (Wildman–Crippen MR) is 48.6 cm³/mol. The maximum Gasteiger partial charge on any atom is 0.318 e. The third-order valence-electron chi connectivity index (χ3n) is 1.48. The number of imide groups is 1. The summed E-state index contributed by atoms with van der Waals surface area (Å²) >= 11 is 0. The molecule has 0 radical (unpaired) electrons. The Morgan fingerprint density at radius 2 is 2.33 bits per heavy atom. The fourth-order valence-electron chi connectivity index (χ4n) is 0.886. The fraction of sp³-hybridized carbons (Fsp3) is 0.429. The molecule has 15 heavy (non-hydrogen) atoms. The van der Waals surface area contributed by atoms with Crippen LogP contribution in [0.25, 0.3) is 0 Å². The first-order valence-corrected chi connectivity index (χ1v) is 4.23. The molecule has 0 bridgehead atoms. The number of hydrogen-bond donors (Lipinski definition) is 3. The van der Waals surface area contributed by atoms with E-state index in [1.165, 1.54) is 6.39 Å². The second kappa shape index (κ2) is 5.70. The van der Waals surface area contributed by atoms with Gasteiger partial charge in [-0.1, -0.05) is 5.16 Å². The number of nitrogens with one attached hydrogen (secondary N) is 2. The highest BCUT2D eigenvalue weighted by atomic mass is 16.5. The second-order valence-corrected chi connectivity index (χ2v) is 2.69. The molecule has 1 aromatic heterocycles. The Balaban J connectivity index is 2.06. The summed E-state index contributed by atoms with van der Waals surface area (Å²) in [5.74, 6) is 0.0772. The Morgan fingerprint density at radius 3 is 2.93 bits per heavy atom. The number of amides is 3. The van der Waals surface area contributed by atoms with Crippen LogP contribution in [-0.4, -0.2) is 35.2 Å². The molecule has 1 heterocycles. The van der Waals surface area contributed by atoms with Crippen molar-refractivity contribution in [1.82, 2.24) is 20.8 Å². The van der Waals surface area contributed by atoms with Gasteiger partial charge in [-0.05, 0) is 0 Å². The van der Waals surface area contributed by atoms with Crippen molar-refractivity contribution < 1.29 is 14.1 Å². The maximum atomic E-state index is 10.9. The molecule has 82 valence electrons. The molecule has 8 nitrogen and oxygen atoms in total. The normalized spacial score (nSPS) is 9.87. The van der Waals surface area contributed by atoms with Crippen molar-refractivity contribution in [3.05, 3.63) is 12.2 Å². The van der Waals surface area contributed by atoms with E-state index in [1.807, 2.05) is 5.32 Å². The van der Waals surface area contributed by atoms with Gasteiger partial charge in [0.25, 0.3) is 0 Å². The topological polar surface area (TPSA) is 123 Å². The number of urea groups is 1. The van der Waals surface area contributed by atoms with Crippen LogP contribution < -0.4 is 16.4 Å². The molecule has 0 aliphatic carbocycles. The van der Waals surface area contributed by atoms with E-state index >= 15 is 0 Å². The van der Waals surface area contributed by atoms with Crippen LogP contribution in [0.15, 0.2) is 10.9 Å². The van der Waals surface area contributed by atoms with Gasteiger partial charge in [-0.15, -0.1) is 0 Å². The second-order valence-electron chi connectivity index (χ2n) is 2.69. The van der Waals surface area contributed by atoms with Crippen LogP contribution in [0.5, 0.6) is 0 Å². The standard InChI is InChI=1S/C7H11N5O3/c8-7(14)11-6(13)3-9-2-1-5-10-4-15-12-5/h4,9H,1-3H2,(H3,8,11,13,14). The minimum Gasteiger partial charge on any atom is -0.351 e. The average Bonchev–Trinajstić information content (AvgIpc) is 2.63. The third-order valence-corrected chi connectivity index (χ3v) is 1.48. The molecule has 4 N–H and O–H groups in total. The van der Waals surface area contributed by atoms with Gasteiger partial charge in [0.15, 0.2) is 5.82 Å². The third kappa shape index (κ3) is 4.72. The SMILES string of the molecule is NC(=O)NC(=O)CNCCc1ncon1. The van der Waals surface area contributed by atoms with Crippen LogP contribution >= 0.6 is 0 Å². The minimum atomic E-state index is -0.861. The van der Waals surface area contributed by atoms with Gasteiger partial charge in [0.1, 0.15) is 0 Å². The zero-order valence-corrected chi connectivity index (χ0v) is 7.90. The number of carbonyl (C=O) groups is 2. The van der Waals surface area contributed by atoms with Crippen molar-refractivity contribution in [3.8, 4) is 0 Å². The van der Waals surface area contributed by atoms with Gasteiger partial charge in [0.2, 0.25) is 12.3 Å². The zero-order valence-electron chi connectivity index (χ0n) is 7.90. The Kier molecular flexibility index (Phi) is 4.23. The first-order chi connectivity index (χ1) is 7.18. The number of hydrogen-bond acceptors (Lipinski definition) is 6. The Hall–Kier alpha value is -1.96. The molecular formula is C7H11N5O3. The summed E-state index contributed by atoms with van der Waals surface area (Å²) in [7, 11) is 0. The van der Waals surface area contributed by atoms with Crippen LogP contribution in [0, 0.1) is 0 Å². The van der Waals surface area contributed by atoms with Crippen LogP contribution in [0.1, 0.15) is 5.82 Å².